The zero-order valence-electron chi connectivity index (χ0n) is 33.1. The van der Waals surface area contributed by atoms with E-state index < -0.39 is 33.8 Å². The van der Waals surface area contributed by atoms with Gasteiger partial charge in [0.2, 0.25) is 5.88 Å². The monoisotopic (exact) mass is 828 g/mol. The van der Waals surface area contributed by atoms with Gasteiger partial charge in [-0.25, -0.2) is 4.21 Å². The molecule has 2 aliphatic carbocycles. The number of benzene rings is 2. The van der Waals surface area contributed by atoms with Crippen molar-refractivity contribution >= 4 is 39.0 Å². The molecule has 1 unspecified atom stereocenters. The Balaban J connectivity index is 1.23. The molecule has 4 aromatic rings. The van der Waals surface area contributed by atoms with Gasteiger partial charge in [0.05, 0.1) is 31.3 Å². The van der Waals surface area contributed by atoms with Gasteiger partial charge in [-0.3, -0.25) is 24.0 Å². The van der Waals surface area contributed by atoms with E-state index in [1.165, 1.54) is 29.1 Å². The summed E-state index contributed by atoms with van der Waals surface area (Å²) in [5.41, 5.74) is 3.22. The average Bonchev–Trinajstić information content (AvgIpc) is 3.52. The van der Waals surface area contributed by atoms with Crippen molar-refractivity contribution in [2.45, 2.75) is 56.7 Å². The van der Waals surface area contributed by atoms with E-state index in [0.717, 1.165) is 42.8 Å². The predicted octanol–water partition coefficient (Wildman–Crippen LogP) is 6.60. The summed E-state index contributed by atoms with van der Waals surface area (Å²) in [5.74, 6) is -0.445. The van der Waals surface area contributed by atoms with E-state index in [-0.39, 0.29) is 40.2 Å². The number of carbonyl (C=O) groups is 2. The highest BCUT2D eigenvalue weighted by atomic mass is 35.5. The van der Waals surface area contributed by atoms with Crippen LogP contribution < -0.4 is 23.8 Å². The van der Waals surface area contributed by atoms with E-state index in [9.17, 15) is 9.59 Å². The number of nitrogens with one attached hydrogen (secondary N) is 1. The van der Waals surface area contributed by atoms with Gasteiger partial charge < -0.3 is 23.8 Å². The molecule has 13 nitrogen and oxygen atoms in total. The molecule has 7 atom stereocenters. The predicted molar refractivity (Wildman–Crippen MR) is 221 cm³/mol. The van der Waals surface area contributed by atoms with Crippen molar-refractivity contribution in [2.24, 2.45) is 29.2 Å². The molecule has 4 aliphatic rings. The van der Waals surface area contributed by atoms with Gasteiger partial charge in [-0.1, -0.05) is 30.7 Å². The van der Waals surface area contributed by atoms with Crippen LogP contribution in [0.1, 0.15) is 64.4 Å². The molecular formula is C43H49ClN6O7S. The number of rotatable bonds is 6. The fourth-order valence-corrected chi connectivity index (χ4v) is 11.1. The molecule has 1 spiro atoms. The van der Waals surface area contributed by atoms with Crippen LogP contribution in [0.15, 0.2) is 83.6 Å². The van der Waals surface area contributed by atoms with Crippen LogP contribution in [0, 0.1) is 17.8 Å². The summed E-state index contributed by atoms with van der Waals surface area (Å²) in [4.78, 5) is 34.7. The first kappa shape index (κ1) is 39.9. The second-order valence-corrected chi connectivity index (χ2v) is 18.4. The number of fused-ring (bicyclic) bond motifs is 4. The Morgan fingerprint density at radius 1 is 1.07 bits per heavy atom. The van der Waals surface area contributed by atoms with Crippen LogP contribution in [-0.4, -0.2) is 82.7 Å². The van der Waals surface area contributed by atoms with E-state index in [2.05, 4.69) is 36.2 Å². The maximum Gasteiger partial charge on any atom is 0.286 e. The summed E-state index contributed by atoms with van der Waals surface area (Å²) in [6, 6.07) is 14.9. The minimum Gasteiger partial charge on any atom is -0.490 e. The zero-order chi connectivity index (χ0) is 40.6. The van der Waals surface area contributed by atoms with Crippen LogP contribution in [0.5, 0.6) is 17.4 Å². The maximum absolute atomic E-state index is 15.1. The SMILES string of the molecule is COc1nn(C)cc1C(=O)NS1(=O)=NC(=O)c2ccc3c(c2)N(C[C@@H]2CC[C@H]2[C@@H](OC)/C=C/[C@H](Oc2ccncc2)[C@H](C)C1)C[C@@]1(CCCc2cc(Cl)ccc21)CO3. The number of ether oxygens (including phenoxy) is 4. The summed E-state index contributed by atoms with van der Waals surface area (Å²) in [6.07, 6.45) is 12.7. The molecule has 2 aliphatic heterocycles. The van der Waals surface area contributed by atoms with Crippen LogP contribution in [0.3, 0.4) is 0 Å². The summed E-state index contributed by atoms with van der Waals surface area (Å²) in [5, 5.41) is 4.90. The third-order valence-corrected chi connectivity index (χ3v) is 14.3. The number of pyridine rings is 1. The summed E-state index contributed by atoms with van der Waals surface area (Å²) in [7, 11) is 0.951. The molecule has 58 heavy (non-hydrogen) atoms. The number of carbonyl (C=O) groups excluding carboxylic acids is 2. The quantitative estimate of drug-likeness (QED) is 0.211. The summed E-state index contributed by atoms with van der Waals surface area (Å²) < 4.78 is 48.2. The number of aryl methyl sites for hydroxylation is 2. The Morgan fingerprint density at radius 3 is 2.64 bits per heavy atom. The molecule has 2 aromatic carbocycles. The second kappa shape index (κ2) is 16.4. The van der Waals surface area contributed by atoms with E-state index in [1.54, 1.807) is 56.9 Å². The molecule has 1 fully saturated rings. The molecule has 8 rings (SSSR count). The van der Waals surface area contributed by atoms with Crippen molar-refractivity contribution in [3.63, 3.8) is 0 Å². The normalized spacial score (nSPS) is 28.7. The first-order chi connectivity index (χ1) is 28.0. The summed E-state index contributed by atoms with van der Waals surface area (Å²) >= 11 is 6.49. The number of anilines is 1. The number of halogens is 1. The van der Waals surface area contributed by atoms with Crippen molar-refractivity contribution < 1.29 is 32.7 Å². The molecule has 0 saturated heterocycles. The number of nitrogens with zero attached hydrogens (tertiary/aromatic N) is 5. The van der Waals surface area contributed by atoms with Gasteiger partial charge in [0.25, 0.3) is 11.8 Å². The third kappa shape index (κ3) is 8.06. The molecule has 1 saturated carbocycles. The Kier molecular flexibility index (Phi) is 11.3. The topological polar surface area (TPSA) is 146 Å². The van der Waals surface area contributed by atoms with Crippen LogP contribution in [0.25, 0.3) is 0 Å². The molecule has 0 radical (unpaired) electrons. The molecule has 2 bridgehead atoms. The molecule has 2 amide bonds. The minimum absolute atomic E-state index is 0.0459. The maximum atomic E-state index is 15.1. The molecule has 306 valence electrons. The van der Waals surface area contributed by atoms with Gasteiger partial charge in [-0.2, -0.15) is 0 Å². The highest BCUT2D eigenvalue weighted by Gasteiger charge is 2.44. The van der Waals surface area contributed by atoms with Crippen LogP contribution >= 0.6 is 11.6 Å². The average molecular weight is 829 g/mol. The lowest BCUT2D eigenvalue weighted by Gasteiger charge is -2.46. The Labute approximate surface area is 344 Å². The van der Waals surface area contributed by atoms with Crippen molar-refractivity contribution in [3.05, 3.63) is 107 Å². The molecule has 1 N–H and O–H groups in total. The summed E-state index contributed by atoms with van der Waals surface area (Å²) in [6.45, 7) is 3.70. The van der Waals surface area contributed by atoms with Gasteiger partial charge in [0.15, 0.2) is 0 Å². The van der Waals surface area contributed by atoms with Gasteiger partial charge in [0, 0.05) is 67.8 Å². The van der Waals surface area contributed by atoms with E-state index in [4.69, 9.17) is 30.5 Å². The van der Waals surface area contributed by atoms with E-state index >= 15 is 4.21 Å². The first-order valence-corrected chi connectivity index (χ1v) is 21.8. The minimum atomic E-state index is -3.81. The van der Waals surface area contributed by atoms with Crippen molar-refractivity contribution in [2.75, 3.05) is 44.6 Å². The second-order valence-electron chi connectivity index (χ2n) is 16.0. The standard InChI is InChI=1S/C43H49ClN6O7S/c1-27-24-58(53,48-41(52)34-23-49(2)46-42(34)55-4)47-40(51)29-8-12-39-36(21-29)50(25-43(26-56-39)17-5-6-28-20-31(44)9-11-35(28)43)22-30-7-10-33(30)38(54-3)14-13-37(27)57-32-15-18-45-19-16-32/h8-9,11-16,18-21,23,27,30,33,37-38H,5-7,10,17,22,24-26H2,1-4H3,(H,47,48,51,52,53)/b14-13+/t27-,30+,33-,37+,38+,43+,58?/m1/s1. The highest BCUT2D eigenvalue weighted by Crippen LogP contribution is 2.47. The third-order valence-electron chi connectivity index (χ3n) is 12.1. The lowest BCUT2D eigenvalue weighted by atomic mass is 9.68. The molecule has 2 aromatic heterocycles. The van der Waals surface area contributed by atoms with Gasteiger partial charge in [-0.15, -0.1) is 9.46 Å². The zero-order valence-corrected chi connectivity index (χ0v) is 34.7. The van der Waals surface area contributed by atoms with Crippen molar-refractivity contribution in [1.29, 1.82) is 0 Å². The fraction of sp³-hybridized carbons (Fsp3) is 0.442. The fourth-order valence-electron chi connectivity index (χ4n) is 9.03. The van der Waals surface area contributed by atoms with E-state index in [0.29, 0.717) is 37.1 Å². The number of methoxy groups -OCH3 is 2. The van der Waals surface area contributed by atoms with Crippen molar-refractivity contribution in [1.82, 2.24) is 19.5 Å². The number of aromatic nitrogens is 3. The van der Waals surface area contributed by atoms with Crippen LogP contribution in [0.4, 0.5) is 5.69 Å². The Bertz CT molecular complexity index is 2350. The molecular weight excluding hydrogens is 780 g/mol. The highest BCUT2D eigenvalue weighted by molar-refractivity contribution is 7.92. The van der Waals surface area contributed by atoms with Crippen molar-refractivity contribution in [3.8, 4) is 17.4 Å². The molecule has 4 heterocycles. The van der Waals surface area contributed by atoms with E-state index in [1.807, 2.05) is 25.1 Å². The largest absolute Gasteiger partial charge is 0.490 e. The molecule has 15 heteroatoms. The first-order valence-electron chi connectivity index (χ1n) is 19.7. The van der Waals surface area contributed by atoms with Gasteiger partial charge in [0.1, 0.15) is 33.1 Å². The number of hydrogen-bond donors (Lipinski definition) is 1. The van der Waals surface area contributed by atoms with Crippen LogP contribution in [-0.2, 0) is 33.5 Å². The Morgan fingerprint density at radius 2 is 1.88 bits per heavy atom. The number of amides is 2. The lowest BCUT2D eigenvalue weighted by Crippen LogP contribution is -2.49. The van der Waals surface area contributed by atoms with Crippen LogP contribution in [0.2, 0.25) is 5.02 Å². The lowest BCUT2D eigenvalue weighted by molar-refractivity contribution is 0.0126. The van der Waals surface area contributed by atoms with Gasteiger partial charge >= 0.3 is 0 Å². The smallest absolute Gasteiger partial charge is 0.286 e. The Hall–Kier alpha value is -4.92. The van der Waals surface area contributed by atoms with Gasteiger partial charge in [-0.05, 0) is 104 Å². The number of hydrogen-bond acceptors (Lipinski definition) is 10.